The molecule has 1 aromatic carbocycles. The summed E-state index contributed by atoms with van der Waals surface area (Å²) in [6.07, 6.45) is 5.28. The minimum absolute atomic E-state index is 0.678. The van der Waals surface area contributed by atoms with Gasteiger partial charge in [0.25, 0.3) is 0 Å². The maximum Gasteiger partial charge on any atom is 0.191 e. The van der Waals surface area contributed by atoms with Crippen LogP contribution in [0.3, 0.4) is 0 Å². The first kappa shape index (κ1) is 22.3. The molecule has 5 nitrogen and oxygen atoms in total. The highest BCUT2D eigenvalue weighted by atomic mass is 32.1. The van der Waals surface area contributed by atoms with Crippen molar-refractivity contribution in [3.05, 3.63) is 57.8 Å². The van der Waals surface area contributed by atoms with Gasteiger partial charge in [0.1, 0.15) is 0 Å². The normalized spacial score (nSPS) is 20.8. The number of guanidine groups is 1. The van der Waals surface area contributed by atoms with Gasteiger partial charge >= 0.3 is 0 Å². The van der Waals surface area contributed by atoms with Crippen LogP contribution in [0.2, 0.25) is 0 Å². The van der Waals surface area contributed by atoms with E-state index in [2.05, 4.69) is 67.2 Å². The Labute approximate surface area is 191 Å². The summed E-state index contributed by atoms with van der Waals surface area (Å²) >= 11 is 1.86. The predicted molar refractivity (Wildman–Crippen MR) is 131 cm³/mol. The zero-order valence-corrected chi connectivity index (χ0v) is 19.7. The van der Waals surface area contributed by atoms with Crippen LogP contribution in [-0.2, 0) is 19.6 Å². The molecule has 31 heavy (non-hydrogen) atoms. The molecule has 1 atom stereocenters. The molecule has 0 amide bonds. The number of aliphatic imine (C=N–C) groups is 1. The van der Waals surface area contributed by atoms with E-state index in [1.165, 1.54) is 67.9 Å². The van der Waals surface area contributed by atoms with Crippen LogP contribution in [0.15, 0.2) is 46.8 Å². The molecule has 0 aliphatic carbocycles. The van der Waals surface area contributed by atoms with Crippen molar-refractivity contribution in [3.8, 4) is 0 Å². The Balaban J connectivity index is 1.18. The summed E-state index contributed by atoms with van der Waals surface area (Å²) < 4.78 is 0. The van der Waals surface area contributed by atoms with E-state index in [0.29, 0.717) is 5.92 Å². The summed E-state index contributed by atoms with van der Waals surface area (Å²) in [6, 6.07) is 13.4. The number of thiophene rings is 1. The third-order valence-corrected chi connectivity index (χ3v) is 7.29. The zero-order valence-electron chi connectivity index (χ0n) is 18.9. The monoisotopic (exact) mass is 439 g/mol. The van der Waals surface area contributed by atoms with Crippen molar-refractivity contribution in [3.63, 3.8) is 0 Å². The fourth-order valence-corrected chi connectivity index (χ4v) is 5.44. The minimum atomic E-state index is 0.678. The first-order chi connectivity index (χ1) is 15.3. The number of rotatable bonds is 8. The summed E-state index contributed by atoms with van der Waals surface area (Å²) in [4.78, 5) is 11.0. The lowest BCUT2D eigenvalue weighted by atomic mass is 9.98. The van der Waals surface area contributed by atoms with Gasteiger partial charge < -0.3 is 10.6 Å². The molecule has 3 heterocycles. The summed E-state index contributed by atoms with van der Waals surface area (Å²) in [5.41, 5.74) is 2.71. The Hall–Kier alpha value is -1.89. The lowest BCUT2D eigenvalue weighted by Crippen LogP contribution is -2.44. The molecule has 6 heteroatoms. The Bertz CT molecular complexity index is 796. The lowest BCUT2D eigenvalue weighted by molar-refractivity contribution is 0.169. The molecule has 2 N–H and O–H groups in total. The Kier molecular flexibility index (Phi) is 8.38. The van der Waals surface area contributed by atoms with Crippen molar-refractivity contribution < 1.29 is 0 Å². The van der Waals surface area contributed by atoms with Gasteiger partial charge in [0.05, 0.1) is 0 Å². The van der Waals surface area contributed by atoms with Crippen LogP contribution >= 0.6 is 11.3 Å². The van der Waals surface area contributed by atoms with Crippen molar-refractivity contribution >= 4 is 17.3 Å². The molecule has 0 radical (unpaired) electrons. The van der Waals surface area contributed by atoms with Crippen molar-refractivity contribution in [1.29, 1.82) is 0 Å². The van der Waals surface area contributed by atoms with Gasteiger partial charge in [0.15, 0.2) is 5.96 Å². The average Bonchev–Trinajstić information content (AvgIpc) is 3.50. The van der Waals surface area contributed by atoms with Crippen LogP contribution in [0.25, 0.3) is 0 Å². The van der Waals surface area contributed by atoms with Gasteiger partial charge in [0.2, 0.25) is 0 Å². The van der Waals surface area contributed by atoms with Gasteiger partial charge in [-0.3, -0.25) is 14.8 Å². The van der Waals surface area contributed by atoms with Crippen LogP contribution in [0.1, 0.15) is 41.7 Å². The maximum absolute atomic E-state index is 4.43. The molecule has 2 aliphatic rings. The quantitative estimate of drug-likeness (QED) is 0.483. The van der Waals surface area contributed by atoms with Crippen LogP contribution in [0, 0.1) is 5.92 Å². The van der Waals surface area contributed by atoms with Gasteiger partial charge in [0, 0.05) is 44.6 Å². The molecule has 2 aromatic rings. The van der Waals surface area contributed by atoms with E-state index < -0.39 is 0 Å². The standard InChI is InChI=1S/C25H37N5S/c1-26-25(27-16-21-8-10-22(11-9-21)18-29-12-2-3-13-29)28-17-23-6-4-14-30(19-23)20-24-7-5-15-31-24/h5,7-11,15,23H,2-4,6,12-14,16-20H2,1H3,(H2,26,27,28). The lowest BCUT2D eigenvalue weighted by Gasteiger charge is -2.32. The number of nitrogens with one attached hydrogen (secondary N) is 2. The number of likely N-dealkylation sites (tertiary alicyclic amines) is 2. The zero-order chi connectivity index (χ0) is 21.3. The number of nitrogens with zero attached hydrogens (tertiary/aromatic N) is 3. The number of hydrogen-bond acceptors (Lipinski definition) is 4. The van der Waals surface area contributed by atoms with E-state index in [9.17, 15) is 0 Å². The molecule has 4 rings (SSSR count). The summed E-state index contributed by atoms with van der Waals surface area (Å²) in [7, 11) is 1.86. The van der Waals surface area contributed by atoms with E-state index in [0.717, 1.165) is 32.1 Å². The number of piperidine rings is 1. The SMILES string of the molecule is CN=C(NCc1ccc(CN2CCCC2)cc1)NCC1CCCN(Cc2cccs2)C1. The van der Waals surface area contributed by atoms with Crippen molar-refractivity contribution in [1.82, 2.24) is 20.4 Å². The second-order valence-corrected chi connectivity index (χ2v) is 9.96. The van der Waals surface area contributed by atoms with Crippen LogP contribution in [0.5, 0.6) is 0 Å². The topological polar surface area (TPSA) is 42.9 Å². The first-order valence-electron chi connectivity index (χ1n) is 11.8. The molecule has 1 unspecified atom stereocenters. The van der Waals surface area contributed by atoms with Crippen molar-refractivity contribution in [2.45, 2.75) is 45.3 Å². The summed E-state index contributed by atoms with van der Waals surface area (Å²) in [5, 5.41) is 9.21. The third kappa shape index (κ3) is 7.06. The summed E-state index contributed by atoms with van der Waals surface area (Å²) in [6.45, 7) is 8.84. The van der Waals surface area contributed by atoms with E-state index >= 15 is 0 Å². The van der Waals surface area contributed by atoms with Gasteiger partial charge in [-0.15, -0.1) is 11.3 Å². The van der Waals surface area contributed by atoms with Gasteiger partial charge in [-0.05, 0) is 73.8 Å². The second kappa shape index (κ2) is 11.7. The van der Waals surface area contributed by atoms with E-state index in [1.54, 1.807) is 0 Å². The Morgan fingerprint density at radius 3 is 2.48 bits per heavy atom. The van der Waals surface area contributed by atoms with Crippen molar-refractivity contribution in [2.75, 3.05) is 39.8 Å². The molecule has 2 saturated heterocycles. The average molecular weight is 440 g/mol. The molecule has 0 spiro atoms. The van der Waals surface area contributed by atoms with Crippen LogP contribution < -0.4 is 10.6 Å². The van der Waals surface area contributed by atoms with E-state index in [-0.39, 0.29) is 0 Å². The molecular formula is C25H37N5S. The molecule has 0 saturated carbocycles. The predicted octanol–water partition coefficient (Wildman–Crippen LogP) is 3.92. The van der Waals surface area contributed by atoms with Crippen molar-refractivity contribution in [2.24, 2.45) is 10.9 Å². The highest BCUT2D eigenvalue weighted by Gasteiger charge is 2.20. The molecule has 168 valence electrons. The first-order valence-corrected chi connectivity index (χ1v) is 12.7. The largest absolute Gasteiger partial charge is 0.356 e. The minimum Gasteiger partial charge on any atom is -0.356 e. The van der Waals surface area contributed by atoms with E-state index in [1.807, 2.05) is 18.4 Å². The van der Waals surface area contributed by atoms with Crippen LogP contribution in [-0.4, -0.2) is 55.5 Å². The Morgan fingerprint density at radius 1 is 0.968 bits per heavy atom. The Morgan fingerprint density at radius 2 is 1.74 bits per heavy atom. The fraction of sp³-hybridized carbons (Fsp3) is 0.560. The smallest absolute Gasteiger partial charge is 0.191 e. The van der Waals surface area contributed by atoms with Crippen LogP contribution in [0.4, 0.5) is 0 Å². The molecule has 1 aromatic heterocycles. The number of hydrogen-bond donors (Lipinski definition) is 2. The molecule has 2 aliphatic heterocycles. The highest BCUT2D eigenvalue weighted by Crippen LogP contribution is 2.20. The number of benzene rings is 1. The van der Waals surface area contributed by atoms with Gasteiger partial charge in [-0.25, -0.2) is 0 Å². The fourth-order valence-electron chi connectivity index (χ4n) is 4.69. The highest BCUT2D eigenvalue weighted by molar-refractivity contribution is 7.09. The van der Waals surface area contributed by atoms with E-state index in [4.69, 9.17) is 0 Å². The second-order valence-electron chi connectivity index (χ2n) is 8.93. The third-order valence-electron chi connectivity index (χ3n) is 6.43. The van der Waals surface area contributed by atoms with Gasteiger partial charge in [-0.1, -0.05) is 30.3 Å². The molecule has 2 fully saturated rings. The maximum atomic E-state index is 4.43. The van der Waals surface area contributed by atoms with Gasteiger partial charge in [-0.2, -0.15) is 0 Å². The molecular weight excluding hydrogens is 402 g/mol. The molecule has 0 bridgehead atoms. The summed E-state index contributed by atoms with van der Waals surface area (Å²) in [5.74, 6) is 1.58.